The molecule has 3 aromatic rings. The number of imide groups is 1. The number of likely N-dealkylation sites (N-methyl/N-ethyl adjacent to an activating group) is 1. The molecular weight excluding hydrogens is 847 g/mol. The first-order valence-corrected chi connectivity index (χ1v) is 24.0. The lowest BCUT2D eigenvalue weighted by Gasteiger charge is -2.31. The van der Waals surface area contributed by atoms with Gasteiger partial charge in [-0.25, -0.2) is 9.97 Å². The highest BCUT2D eigenvalue weighted by atomic mass is 32.2. The maximum atomic E-state index is 13.4. The van der Waals surface area contributed by atoms with Crippen molar-refractivity contribution in [3.8, 4) is 0 Å². The molecule has 2 aliphatic rings. The summed E-state index contributed by atoms with van der Waals surface area (Å²) in [6.07, 6.45) is 12.4. The highest BCUT2D eigenvalue weighted by molar-refractivity contribution is 8.00. The van der Waals surface area contributed by atoms with E-state index in [0.717, 1.165) is 87.6 Å². The number of carbonyl (C=O) groups is 5. The number of aromatic nitrogens is 2. The Hall–Kier alpha value is -4.20. The number of ether oxygens (including phenoxy) is 3. The van der Waals surface area contributed by atoms with Gasteiger partial charge in [-0.3, -0.25) is 29.3 Å². The van der Waals surface area contributed by atoms with E-state index in [4.69, 9.17) is 18.6 Å². The molecule has 2 saturated heterocycles. The van der Waals surface area contributed by atoms with E-state index < -0.39 is 17.9 Å². The molecule has 3 N–H and O–H groups in total. The van der Waals surface area contributed by atoms with Gasteiger partial charge in [0.05, 0.1) is 54.3 Å². The smallest absolute Gasteiger partial charge is 0.257 e. The molecule has 5 rings (SSSR count). The van der Waals surface area contributed by atoms with Crippen molar-refractivity contribution in [2.45, 2.75) is 106 Å². The summed E-state index contributed by atoms with van der Waals surface area (Å²) in [4.78, 5) is 74.6. The van der Waals surface area contributed by atoms with Crippen LogP contribution in [0.5, 0.6) is 0 Å². The van der Waals surface area contributed by atoms with Crippen LogP contribution in [0.15, 0.2) is 39.2 Å². The molecule has 2 aromatic heterocycles. The number of thiazole rings is 1. The molecule has 18 heteroatoms. The molecule has 2 fully saturated rings. The van der Waals surface area contributed by atoms with E-state index in [1.54, 1.807) is 42.4 Å². The number of hydrogen-bond acceptors (Lipinski definition) is 15. The van der Waals surface area contributed by atoms with E-state index in [9.17, 15) is 24.0 Å². The fourth-order valence-corrected chi connectivity index (χ4v) is 9.01. The number of benzene rings is 1. The van der Waals surface area contributed by atoms with Crippen LogP contribution in [0, 0.1) is 5.92 Å². The molecule has 1 atom stereocenters. The van der Waals surface area contributed by atoms with Crippen LogP contribution in [-0.4, -0.2) is 129 Å². The maximum absolute atomic E-state index is 13.4. The number of carbonyl (C=O) groups excluding carboxylic acids is 5. The van der Waals surface area contributed by atoms with Gasteiger partial charge in [0.25, 0.3) is 5.91 Å². The normalized spacial score (nSPS) is 16.2. The molecule has 0 saturated carbocycles. The Balaban J connectivity index is 0.804. The Morgan fingerprint density at radius 1 is 0.952 bits per heavy atom. The minimum atomic E-state index is -0.786. The third-order valence-corrected chi connectivity index (χ3v) is 13.1. The van der Waals surface area contributed by atoms with Crippen LogP contribution in [0.2, 0.25) is 0 Å². The zero-order valence-corrected chi connectivity index (χ0v) is 38.9. The second-order valence-corrected chi connectivity index (χ2v) is 19.2. The molecule has 1 aromatic carbocycles. The summed E-state index contributed by atoms with van der Waals surface area (Å²) in [6.45, 7) is 13.1. The number of unbranched alkanes of at least 4 members (excludes halogenated alkanes) is 4. The first-order chi connectivity index (χ1) is 30.4. The molecule has 1 unspecified atom stereocenters. The molecule has 0 radical (unpaired) electrons. The average Bonchev–Trinajstić information content (AvgIpc) is 3.95. The van der Waals surface area contributed by atoms with Crippen LogP contribution in [0.25, 0.3) is 0 Å². The van der Waals surface area contributed by atoms with Crippen LogP contribution in [-0.2, 0) is 39.8 Å². The molecule has 16 nitrogen and oxygen atoms in total. The zero-order chi connectivity index (χ0) is 45.0. The Morgan fingerprint density at radius 3 is 2.33 bits per heavy atom. The van der Waals surface area contributed by atoms with Gasteiger partial charge >= 0.3 is 0 Å². The number of aldehydes is 1. The Bertz CT molecular complexity index is 1930. The van der Waals surface area contributed by atoms with Crippen LogP contribution < -0.4 is 16.0 Å². The number of rotatable bonds is 27. The van der Waals surface area contributed by atoms with Gasteiger partial charge < -0.3 is 39.1 Å². The summed E-state index contributed by atoms with van der Waals surface area (Å²) in [5.41, 5.74) is 0.872. The summed E-state index contributed by atoms with van der Waals surface area (Å²) >= 11 is 3.10. The van der Waals surface area contributed by atoms with Crippen LogP contribution in [0.3, 0.4) is 0 Å². The number of piperidine rings is 2. The number of oxazole rings is 1. The molecule has 4 amide bonds. The molecule has 0 spiro atoms. The third kappa shape index (κ3) is 16.4. The first kappa shape index (κ1) is 49.8. The van der Waals surface area contributed by atoms with E-state index in [0.29, 0.717) is 68.3 Å². The molecule has 0 aliphatic carbocycles. The van der Waals surface area contributed by atoms with Gasteiger partial charge in [-0.15, -0.1) is 11.8 Å². The number of hydrogen-bond donors (Lipinski definition) is 3. The zero-order valence-electron chi connectivity index (χ0n) is 37.2. The summed E-state index contributed by atoms with van der Waals surface area (Å²) in [7, 11) is 1.51. The lowest BCUT2D eigenvalue weighted by molar-refractivity contribution is -0.136. The Morgan fingerprint density at radius 2 is 1.65 bits per heavy atom. The number of anilines is 2. The number of nitrogens with zero attached hydrogens (tertiary/aromatic N) is 4. The summed E-state index contributed by atoms with van der Waals surface area (Å²) in [5, 5.41) is 9.20. The van der Waals surface area contributed by atoms with Crippen molar-refractivity contribution in [3.63, 3.8) is 0 Å². The second kappa shape index (κ2) is 25.9. The van der Waals surface area contributed by atoms with E-state index in [1.165, 1.54) is 23.3 Å². The van der Waals surface area contributed by atoms with Gasteiger partial charge in [0.1, 0.15) is 11.8 Å². The predicted octanol–water partition coefficient (Wildman–Crippen LogP) is 6.56. The molecule has 346 valence electrons. The van der Waals surface area contributed by atoms with Crippen LogP contribution >= 0.6 is 23.1 Å². The van der Waals surface area contributed by atoms with Crippen molar-refractivity contribution in [1.29, 1.82) is 0 Å². The lowest BCUT2D eigenvalue weighted by Crippen LogP contribution is -2.53. The first-order valence-electron chi connectivity index (χ1n) is 22.2. The standard InChI is InChI=1S/C45H65N7O9S2/c1-45(2,3)36-28-47-38(61-36)31-62-39-29-48-44(63-39)50-41(55)32-16-20-52(21-17-32)19-8-5-6-9-22-58-24-26-60-27-25-59-23-10-7-18-46-34-13-11-12-33(30-53)40(34)43(57)51(4)35-14-15-37(54)49-42(35)56/h11-13,28-30,32,35,46H,5-10,14-27,31H2,1-4H3,(H,48,50,55)(H,49,54,56). The Kier molecular flexibility index (Phi) is 20.5. The molecular formula is C45H65N7O9S2. The summed E-state index contributed by atoms with van der Waals surface area (Å²) < 4.78 is 24.0. The van der Waals surface area contributed by atoms with E-state index >= 15 is 0 Å². The van der Waals surface area contributed by atoms with Crippen molar-refractivity contribution in [2.75, 3.05) is 83.5 Å². The fourth-order valence-electron chi connectivity index (χ4n) is 7.28. The van der Waals surface area contributed by atoms with Gasteiger partial charge in [-0.2, -0.15) is 0 Å². The largest absolute Gasteiger partial charge is 0.444 e. The minimum absolute atomic E-state index is 0.0137. The molecule has 4 heterocycles. The highest BCUT2D eigenvalue weighted by Gasteiger charge is 2.34. The topological polar surface area (TPSA) is 195 Å². The fraction of sp³-hybridized carbons (Fsp3) is 0.622. The average molecular weight is 912 g/mol. The predicted molar refractivity (Wildman–Crippen MR) is 243 cm³/mol. The van der Waals surface area contributed by atoms with Crippen LogP contribution in [0.4, 0.5) is 10.8 Å². The van der Waals surface area contributed by atoms with Crippen molar-refractivity contribution < 1.29 is 42.6 Å². The van der Waals surface area contributed by atoms with E-state index in [1.807, 2.05) is 0 Å². The quantitative estimate of drug-likeness (QED) is 0.0322. The number of nitrogens with one attached hydrogen (secondary N) is 3. The van der Waals surface area contributed by atoms with Crippen LogP contribution in [0.1, 0.15) is 117 Å². The van der Waals surface area contributed by atoms with Crippen molar-refractivity contribution >= 4 is 63.8 Å². The van der Waals surface area contributed by atoms with Crippen molar-refractivity contribution in [3.05, 3.63) is 53.4 Å². The van der Waals surface area contributed by atoms with E-state index in [2.05, 4.69) is 51.6 Å². The number of amides is 4. The molecule has 2 aliphatic heterocycles. The lowest BCUT2D eigenvalue weighted by atomic mass is 9.94. The SMILES string of the molecule is CN(C(=O)c1c(C=O)cccc1NCCCCOCCOCCOCCCCCCN1CCC(C(=O)Nc2ncc(SCc3ncc(C(C)(C)C)o3)s2)CC1)C1CCC(=O)NC1=O. The number of thioether (sulfide) groups is 1. The highest BCUT2D eigenvalue weighted by Crippen LogP contribution is 2.32. The van der Waals surface area contributed by atoms with Gasteiger partial charge in [0.2, 0.25) is 23.6 Å². The monoisotopic (exact) mass is 911 g/mol. The van der Waals surface area contributed by atoms with Crippen molar-refractivity contribution in [2.24, 2.45) is 5.92 Å². The third-order valence-electron chi connectivity index (χ3n) is 11.0. The van der Waals surface area contributed by atoms with E-state index in [-0.39, 0.29) is 47.1 Å². The molecule has 63 heavy (non-hydrogen) atoms. The van der Waals surface area contributed by atoms with Gasteiger partial charge in [-0.05, 0) is 70.6 Å². The van der Waals surface area contributed by atoms with Crippen molar-refractivity contribution in [1.82, 2.24) is 25.1 Å². The minimum Gasteiger partial charge on any atom is -0.444 e. The second-order valence-electron chi connectivity index (χ2n) is 16.9. The molecule has 0 bridgehead atoms. The maximum Gasteiger partial charge on any atom is 0.257 e. The van der Waals surface area contributed by atoms with Gasteiger partial charge in [0, 0.05) is 55.8 Å². The summed E-state index contributed by atoms with van der Waals surface area (Å²) in [6, 6.07) is 4.22. The summed E-state index contributed by atoms with van der Waals surface area (Å²) in [5.74, 6) is 0.921. The van der Waals surface area contributed by atoms with Gasteiger partial charge in [-0.1, -0.05) is 57.1 Å². The Labute approximate surface area is 379 Å². The number of likely N-dealkylation sites (tertiary alicyclic amines) is 1. The van der Waals surface area contributed by atoms with Gasteiger partial charge in [0.15, 0.2) is 11.4 Å².